The van der Waals surface area contributed by atoms with Crippen molar-refractivity contribution in [3.8, 4) is 11.4 Å². The lowest BCUT2D eigenvalue weighted by atomic mass is 10.1. The summed E-state index contributed by atoms with van der Waals surface area (Å²) in [6, 6.07) is 12.1. The Labute approximate surface area is 201 Å². The second-order valence-corrected chi connectivity index (χ2v) is 10.2. The predicted molar refractivity (Wildman–Crippen MR) is 125 cm³/mol. The van der Waals surface area contributed by atoms with E-state index in [1.807, 2.05) is 6.92 Å². The summed E-state index contributed by atoms with van der Waals surface area (Å²) in [4.78, 5) is 9.64. The van der Waals surface area contributed by atoms with E-state index >= 15 is 0 Å². The Morgan fingerprint density at radius 3 is 2.54 bits per heavy atom. The molecule has 0 aliphatic carbocycles. The summed E-state index contributed by atoms with van der Waals surface area (Å²) in [5.74, 6) is 0.244. The molecular formula is C24H25F3N4O3S. The second kappa shape index (κ2) is 9.92. The Kier molecular flexibility index (Phi) is 7.11. The smallest absolute Gasteiger partial charge is 0.399 e. The molecule has 0 spiro atoms. The fourth-order valence-corrected chi connectivity index (χ4v) is 6.27. The number of halogens is 3. The van der Waals surface area contributed by atoms with Crippen molar-refractivity contribution in [3.63, 3.8) is 0 Å². The van der Waals surface area contributed by atoms with E-state index in [4.69, 9.17) is 10.5 Å². The number of hydrogen-bond acceptors (Lipinski definition) is 7. The van der Waals surface area contributed by atoms with E-state index in [1.54, 1.807) is 29.2 Å². The van der Waals surface area contributed by atoms with Gasteiger partial charge in [0.1, 0.15) is 0 Å². The van der Waals surface area contributed by atoms with E-state index in [9.17, 15) is 21.6 Å². The van der Waals surface area contributed by atoms with Gasteiger partial charge in [-0.05, 0) is 48.9 Å². The molecule has 1 aliphatic rings. The molecule has 0 bridgehead atoms. The Morgan fingerprint density at radius 2 is 1.86 bits per heavy atom. The van der Waals surface area contributed by atoms with Gasteiger partial charge in [0.15, 0.2) is 11.2 Å². The number of aromatic nitrogens is 2. The van der Waals surface area contributed by atoms with Crippen LogP contribution in [0.4, 0.5) is 18.9 Å². The normalized spacial score (nSPS) is 18.3. The first-order valence-electron chi connectivity index (χ1n) is 11.1. The molecule has 2 heterocycles. The Hall–Kier alpha value is -3.02. The van der Waals surface area contributed by atoms with Crippen LogP contribution in [-0.4, -0.2) is 49.1 Å². The van der Waals surface area contributed by atoms with Crippen molar-refractivity contribution in [2.24, 2.45) is 0 Å². The molecule has 35 heavy (non-hydrogen) atoms. The lowest BCUT2D eigenvalue weighted by Gasteiger charge is -2.40. The molecule has 1 aliphatic heterocycles. The number of nitrogen functional groups attached to an aromatic ring is 1. The van der Waals surface area contributed by atoms with E-state index in [2.05, 4.69) is 9.97 Å². The average Bonchev–Trinajstić information content (AvgIpc) is 2.84. The molecular weight excluding hydrogens is 481 g/mol. The molecule has 0 amide bonds. The van der Waals surface area contributed by atoms with Crippen LogP contribution >= 0.6 is 0 Å². The van der Waals surface area contributed by atoms with E-state index in [-0.39, 0.29) is 37.3 Å². The number of hydrogen-bond donors (Lipinski definition) is 1. The van der Waals surface area contributed by atoms with Crippen LogP contribution in [-0.2, 0) is 20.8 Å². The quantitative estimate of drug-likeness (QED) is 0.497. The van der Waals surface area contributed by atoms with Crippen LogP contribution < -0.4 is 5.73 Å². The van der Waals surface area contributed by atoms with Crippen LogP contribution in [0.3, 0.4) is 0 Å². The summed E-state index contributed by atoms with van der Waals surface area (Å²) in [6.45, 7) is 2.61. The molecule has 2 N–H and O–H groups in total. The average molecular weight is 507 g/mol. The maximum absolute atomic E-state index is 14.0. The highest BCUT2D eigenvalue weighted by atomic mass is 32.2. The number of morpholine rings is 1. The first kappa shape index (κ1) is 25.1. The molecule has 2 aromatic carbocycles. The molecule has 1 aromatic heterocycles. The van der Waals surface area contributed by atoms with Crippen LogP contribution in [0.2, 0.25) is 0 Å². The van der Waals surface area contributed by atoms with Gasteiger partial charge in [-0.25, -0.2) is 18.4 Å². The van der Waals surface area contributed by atoms with Gasteiger partial charge in [0, 0.05) is 30.0 Å². The number of rotatable bonds is 6. The molecule has 3 aromatic rings. The standard InChI is InChI=1S/C24H25F3N4O3S/c1-2-18-15-34-14-13-31(18)23(35(32,33)21-6-4-3-5-19(21)24(25,26)27)20-11-12-29-22(30-20)16-7-9-17(28)10-8-16/h3-12,18,23H,2,13-15,28H2,1H3/t18-,23?/m0/s1. The van der Waals surface area contributed by atoms with Crippen molar-refractivity contribution in [1.29, 1.82) is 0 Å². The molecule has 1 saturated heterocycles. The summed E-state index contributed by atoms with van der Waals surface area (Å²) in [6.07, 6.45) is -2.89. The summed E-state index contributed by atoms with van der Waals surface area (Å²) in [7, 11) is -4.58. The van der Waals surface area contributed by atoms with Crippen LogP contribution in [0.1, 0.15) is 30.0 Å². The number of sulfone groups is 1. The largest absolute Gasteiger partial charge is 0.417 e. The highest BCUT2D eigenvalue weighted by Gasteiger charge is 2.44. The fourth-order valence-electron chi connectivity index (χ4n) is 4.19. The fraction of sp³-hybridized carbons (Fsp3) is 0.333. The third-order valence-electron chi connectivity index (χ3n) is 5.94. The number of nitrogens with zero attached hydrogens (tertiary/aromatic N) is 3. The van der Waals surface area contributed by atoms with Gasteiger partial charge in [-0.15, -0.1) is 0 Å². The minimum absolute atomic E-state index is 0.0872. The maximum atomic E-state index is 14.0. The molecule has 4 rings (SSSR count). The zero-order valence-corrected chi connectivity index (χ0v) is 19.8. The van der Waals surface area contributed by atoms with Gasteiger partial charge in [-0.3, -0.25) is 4.90 Å². The van der Waals surface area contributed by atoms with E-state index < -0.39 is 31.8 Å². The summed E-state index contributed by atoms with van der Waals surface area (Å²) >= 11 is 0. The monoisotopic (exact) mass is 506 g/mol. The lowest BCUT2D eigenvalue weighted by Crippen LogP contribution is -2.49. The first-order valence-corrected chi connectivity index (χ1v) is 12.6. The molecule has 0 radical (unpaired) electrons. The molecule has 2 atom stereocenters. The van der Waals surface area contributed by atoms with Crippen LogP contribution in [0.15, 0.2) is 65.7 Å². The minimum Gasteiger partial charge on any atom is -0.399 e. The molecule has 1 unspecified atom stereocenters. The minimum atomic E-state index is -4.84. The highest BCUT2D eigenvalue weighted by molar-refractivity contribution is 7.91. The van der Waals surface area contributed by atoms with Crippen molar-refractivity contribution in [1.82, 2.24) is 14.9 Å². The zero-order chi connectivity index (χ0) is 25.2. The van der Waals surface area contributed by atoms with Crippen LogP contribution in [0.5, 0.6) is 0 Å². The third kappa shape index (κ3) is 5.16. The van der Waals surface area contributed by atoms with Crippen LogP contribution in [0, 0.1) is 0 Å². The van der Waals surface area contributed by atoms with E-state index in [0.29, 0.717) is 17.7 Å². The molecule has 1 fully saturated rings. The zero-order valence-electron chi connectivity index (χ0n) is 18.9. The number of anilines is 1. The van der Waals surface area contributed by atoms with Crippen molar-refractivity contribution >= 4 is 15.5 Å². The molecule has 186 valence electrons. The van der Waals surface area contributed by atoms with Gasteiger partial charge in [0.25, 0.3) is 0 Å². The lowest BCUT2D eigenvalue weighted by molar-refractivity contribution is -0.139. The third-order valence-corrected chi connectivity index (χ3v) is 8.01. The Bertz CT molecular complexity index is 1280. The van der Waals surface area contributed by atoms with Gasteiger partial charge >= 0.3 is 6.18 Å². The number of nitrogens with two attached hydrogens (primary N) is 1. The molecule has 0 saturated carbocycles. The van der Waals surface area contributed by atoms with E-state index in [0.717, 1.165) is 12.1 Å². The Morgan fingerprint density at radius 1 is 1.14 bits per heavy atom. The van der Waals surface area contributed by atoms with Crippen molar-refractivity contribution in [3.05, 3.63) is 72.1 Å². The Balaban J connectivity index is 1.90. The van der Waals surface area contributed by atoms with Gasteiger partial charge in [-0.1, -0.05) is 19.1 Å². The van der Waals surface area contributed by atoms with Gasteiger partial charge < -0.3 is 10.5 Å². The number of benzene rings is 2. The molecule has 7 nitrogen and oxygen atoms in total. The van der Waals surface area contributed by atoms with Gasteiger partial charge in [-0.2, -0.15) is 13.2 Å². The summed E-state index contributed by atoms with van der Waals surface area (Å²) < 4.78 is 75.0. The first-order chi connectivity index (χ1) is 16.6. The van der Waals surface area contributed by atoms with Gasteiger partial charge in [0.05, 0.1) is 29.4 Å². The highest BCUT2D eigenvalue weighted by Crippen LogP contribution is 2.40. The topological polar surface area (TPSA) is 98.4 Å². The molecule has 11 heteroatoms. The SMILES string of the molecule is CC[C@H]1COCCN1C(c1ccnc(-c2ccc(N)cc2)n1)S(=O)(=O)c1ccccc1C(F)(F)F. The second-order valence-electron chi connectivity index (χ2n) is 8.19. The number of alkyl halides is 3. The number of ether oxygens (including phenoxy) is 1. The predicted octanol–water partition coefficient (Wildman–Crippen LogP) is 4.33. The van der Waals surface area contributed by atoms with Crippen molar-refractivity contribution in [2.75, 3.05) is 25.5 Å². The van der Waals surface area contributed by atoms with Crippen LogP contribution in [0.25, 0.3) is 11.4 Å². The summed E-state index contributed by atoms with van der Waals surface area (Å²) in [5, 5.41) is -1.46. The van der Waals surface area contributed by atoms with Crippen molar-refractivity contribution in [2.45, 2.75) is 35.8 Å². The van der Waals surface area contributed by atoms with Crippen molar-refractivity contribution < 1.29 is 26.3 Å². The summed E-state index contributed by atoms with van der Waals surface area (Å²) in [5.41, 5.74) is 5.76. The maximum Gasteiger partial charge on any atom is 0.417 e. The van der Waals surface area contributed by atoms with Gasteiger partial charge in [0.2, 0.25) is 9.84 Å². The van der Waals surface area contributed by atoms with E-state index in [1.165, 1.54) is 24.4 Å².